The summed E-state index contributed by atoms with van der Waals surface area (Å²) in [4.78, 5) is 0. The van der Waals surface area contributed by atoms with Gasteiger partial charge in [-0.2, -0.15) is 0 Å². The molecule has 0 fully saturated rings. The third-order valence-corrected chi connectivity index (χ3v) is 14.1. The Balaban J connectivity index is 0.958. The van der Waals surface area contributed by atoms with Gasteiger partial charge in [-0.3, -0.25) is 0 Å². The molecule has 12 rings (SSSR count). The fourth-order valence-corrected chi connectivity index (χ4v) is 10.9. The van der Waals surface area contributed by atoms with Gasteiger partial charge in [0.1, 0.15) is 0 Å². The van der Waals surface area contributed by atoms with E-state index in [1.54, 1.807) is 0 Å². The first-order chi connectivity index (χ1) is 33.1. The number of hydrogen-bond acceptors (Lipinski definition) is 3. The van der Waals surface area contributed by atoms with E-state index < -0.39 is 0 Å². The molecule has 0 N–H and O–H groups in total. The number of rotatable bonds is 10. The lowest BCUT2D eigenvalue weighted by molar-refractivity contribution is 0.490. The largest absolute Gasteiger partial charge is 0.417 e. The summed E-state index contributed by atoms with van der Waals surface area (Å²) >= 11 is 0. The maximum absolute atomic E-state index is 6.71. The molecule has 1 aliphatic carbocycles. The predicted octanol–water partition coefficient (Wildman–Crippen LogP) is 16.8. The lowest BCUT2D eigenvalue weighted by Gasteiger charge is -2.30. The van der Waals surface area contributed by atoms with E-state index in [-0.39, 0.29) is 5.41 Å². The normalized spacial score (nSPS) is 12.8. The molecule has 0 bridgehead atoms. The van der Waals surface area contributed by atoms with E-state index in [9.17, 15) is 0 Å². The molecule has 4 heteroatoms. The number of benzene rings is 9. The monoisotopic (exact) mass is 861 g/mol. The SMILES string of the molecule is CCC1(CC)c2cc(/C=C/c3nnc(-c4cc(-c5ccccc5)c(-c5ccccc5)c(-c5ccccc5)c4-c4ccccc4)o3)ccc2-c2ccc(-n3c4ccccc4c4ccccc43)cc21. The molecule has 320 valence electrons. The summed E-state index contributed by atoms with van der Waals surface area (Å²) in [5.41, 5.74) is 19.7. The zero-order valence-corrected chi connectivity index (χ0v) is 37.5. The van der Waals surface area contributed by atoms with Crippen LogP contribution in [0.15, 0.2) is 217 Å². The van der Waals surface area contributed by atoms with Crippen molar-refractivity contribution in [1.82, 2.24) is 14.8 Å². The Hall–Kier alpha value is -8.34. The van der Waals surface area contributed by atoms with Crippen LogP contribution in [0.5, 0.6) is 0 Å². The van der Waals surface area contributed by atoms with Crippen molar-refractivity contribution in [3.63, 3.8) is 0 Å². The van der Waals surface area contributed by atoms with Crippen molar-refractivity contribution in [3.8, 4) is 72.8 Å². The molecular formula is C63H47N3O. The van der Waals surface area contributed by atoms with Crippen LogP contribution in [0.25, 0.3) is 107 Å². The second-order valence-electron chi connectivity index (χ2n) is 17.5. The topological polar surface area (TPSA) is 43.9 Å². The Kier molecular flexibility index (Phi) is 9.95. The average molecular weight is 862 g/mol. The molecule has 0 saturated heterocycles. The highest BCUT2D eigenvalue weighted by Crippen LogP contribution is 2.54. The van der Waals surface area contributed by atoms with E-state index in [1.165, 1.54) is 49.7 Å². The van der Waals surface area contributed by atoms with Gasteiger partial charge < -0.3 is 8.98 Å². The minimum absolute atomic E-state index is 0.131. The fraction of sp³-hybridized carbons (Fsp3) is 0.0794. The number of nitrogens with zero attached hydrogens (tertiary/aromatic N) is 3. The van der Waals surface area contributed by atoms with Crippen LogP contribution in [0.2, 0.25) is 0 Å². The van der Waals surface area contributed by atoms with Gasteiger partial charge in [-0.05, 0) is 116 Å². The van der Waals surface area contributed by atoms with Crippen LogP contribution >= 0.6 is 0 Å². The van der Waals surface area contributed by atoms with Gasteiger partial charge in [-0.15, -0.1) is 10.2 Å². The number of para-hydroxylation sites is 2. The molecule has 2 heterocycles. The van der Waals surface area contributed by atoms with Gasteiger partial charge in [-0.1, -0.05) is 196 Å². The van der Waals surface area contributed by atoms with Crippen LogP contribution in [0, 0.1) is 0 Å². The molecule has 0 saturated carbocycles. The predicted molar refractivity (Wildman–Crippen MR) is 278 cm³/mol. The smallest absolute Gasteiger partial charge is 0.248 e. The molecule has 0 atom stereocenters. The Bertz CT molecular complexity index is 3580. The summed E-state index contributed by atoms with van der Waals surface area (Å²) in [6.45, 7) is 4.67. The van der Waals surface area contributed by atoms with Gasteiger partial charge in [0.15, 0.2) is 0 Å². The molecule has 4 nitrogen and oxygen atoms in total. The molecule has 1 aliphatic rings. The van der Waals surface area contributed by atoms with E-state index in [0.717, 1.165) is 68.5 Å². The summed E-state index contributed by atoms with van der Waals surface area (Å²) in [6.07, 6.45) is 6.05. The molecule has 0 amide bonds. The van der Waals surface area contributed by atoms with Crippen LogP contribution in [0.3, 0.4) is 0 Å². The first-order valence-corrected chi connectivity index (χ1v) is 23.4. The Morgan fingerprint density at radius 3 is 1.51 bits per heavy atom. The van der Waals surface area contributed by atoms with Gasteiger partial charge in [0.05, 0.1) is 11.0 Å². The number of hydrogen-bond donors (Lipinski definition) is 0. The van der Waals surface area contributed by atoms with Crippen LogP contribution in [0.4, 0.5) is 0 Å². The van der Waals surface area contributed by atoms with Gasteiger partial charge in [0.2, 0.25) is 11.8 Å². The van der Waals surface area contributed by atoms with Crippen LogP contribution in [-0.4, -0.2) is 14.8 Å². The molecular weight excluding hydrogens is 815 g/mol. The molecule has 0 spiro atoms. The average Bonchev–Trinajstić information content (AvgIpc) is 4.09. The molecule has 11 aromatic rings. The third kappa shape index (κ3) is 6.67. The zero-order chi connectivity index (χ0) is 44.9. The second-order valence-corrected chi connectivity index (χ2v) is 17.5. The quantitative estimate of drug-likeness (QED) is 0.138. The highest BCUT2D eigenvalue weighted by atomic mass is 16.4. The highest BCUT2D eigenvalue weighted by molar-refractivity contribution is 6.09. The molecule has 0 aliphatic heterocycles. The first-order valence-electron chi connectivity index (χ1n) is 23.4. The lowest BCUT2D eigenvalue weighted by Crippen LogP contribution is -2.23. The summed E-state index contributed by atoms with van der Waals surface area (Å²) in [6, 6.07) is 76.3. The first kappa shape index (κ1) is 40.2. The van der Waals surface area contributed by atoms with E-state index in [4.69, 9.17) is 9.52 Å². The number of aromatic nitrogens is 3. The fourth-order valence-electron chi connectivity index (χ4n) is 10.9. The van der Waals surface area contributed by atoms with Crippen molar-refractivity contribution in [2.45, 2.75) is 32.1 Å². The molecule has 67 heavy (non-hydrogen) atoms. The summed E-state index contributed by atoms with van der Waals surface area (Å²) in [5.74, 6) is 0.910. The van der Waals surface area contributed by atoms with Crippen molar-refractivity contribution < 1.29 is 4.42 Å². The van der Waals surface area contributed by atoms with Gasteiger partial charge in [-0.25, -0.2) is 0 Å². The third-order valence-electron chi connectivity index (χ3n) is 14.1. The zero-order valence-electron chi connectivity index (χ0n) is 37.5. The van der Waals surface area contributed by atoms with E-state index >= 15 is 0 Å². The summed E-state index contributed by atoms with van der Waals surface area (Å²) in [7, 11) is 0. The van der Waals surface area contributed by atoms with Crippen molar-refractivity contribution in [1.29, 1.82) is 0 Å². The van der Waals surface area contributed by atoms with E-state index in [1.807, 2.05) is 6.08 Å². The van der Waals surface area contributed by atoms with Gasteiger partial charge in [0.25, 0.3) is 0 Å². The second kappa shape index (κ2) is 16.6. The number of fused-ring (bicyclic) bond motifs is 6. The summed E-state index contributed by atoms with van der Waals surface area (Å²) < 4.78 is 9.14. The Morgan fingerprint density at radius 1 is 0.433 bits per heavy atom. The van der Waals surface area contributed by atoms with Gasteiger partial charge in [0, 0.05) is 39.1 Å². The maximum Gasteiger partial charge on any atom is 0.248 e. The van der Waals surface area contributed by atoms with Gasteiger partial charge >= 0.3 is 0 Å². The summed E-state index contributed by atoms with van der Waals surface area (Å²) in [5, 5.41) is 12.0. The van der Waals surface area contributed by atoms with Crippen LogP contribution in [-0.2, 0) is 5.41 Å². The molecule has 0 radical (unpaired) electrons. The molecule has 9 aromatic carbocycles. The van der Waals surface area contributed by atoms with Crippen molar-refractivity contribution in [3.05, 3.63) is 235 Å². The maximum atomic E-state index is 6.71. The molecule has 0 unspecified atom stereocenters. The molecule has 2 aromatic heterocycles. The highest BCUT2D eigenvalue weighted by Gasteiger charge is 2.41. The Morgan fingerprint density at radius 2 is 0.925 bits per heavy atom. The van der Waals surface area contributed by atoms with Crippen molar-refractivity contribution in [2.24, 2.45) is 0 Å². The van der Waals surface area contributed by atoms with Crippen molar-refractivity contribution in [2.75, 3.05) is 0 Å². The van der Waals surface area contributed by atoms with E-state index in [0.29, 0.717) is 11.8 Å². The minimum atomic E-state index is -0.131. The van der Waals surface area contributed by atoms with Crippen molar-refractivity contribution >= 4 is 34.0 Å². The van der Waals surface area contributed by atoms with E-state index in [2.05, 4.69) is 242 Å². The van der Waals surface area contributed by atoms with Crippen LogP contribution in [0.1, 0.15) is 49.3 Å². The van der Waals surface area contributed by atoms with Crippen LogP contribution < -0.4 is 0 Å². The minimum Gasteiger partial charge on any atom is -0.417 e. The Labute approximate surface area is 391 Å². The standard InChI is InChI=1S/C63H47N3O/c1-3-63(4-2)54-39-42(33-36-48(54)49-37-35-47(40-55(49)63)66-56-31-19-17-29-50(56)51-30-18-20-32-57(51)66)34-38-58-64-65-62(67-58)53-41-52(43-21-9-5-10-22-43)59(44-23-11-6-12-24-44)61(46-27-15-8-16-28-46)60(53)45-25-13-7-14-26-45/h5-41H,3-4H2,1-2H3/b38-34+. The lowest BCUT2D eigenvalue weighted by atomic mass is 9.73.